The van der Waals surface area contributed by atoms with E-state index in [2.05, 4.69) is 4.99 Å². The SMILES string of the molecule is CC[C@@H]1N=C(c2ccccc2)OC1=O. The van der Waals surface area contributed by atoms with Crippen molar-refractivity contribution in [3.05, 3.63) is 35.9 Å². The third kappa shape index (κ3) is 1.53. The molecule has 0 N–H and O–H groups in total. The van der Waals surface area contributed by atoms with E-state index in [4.69, 9.17) is 4.74 Å². The maximum Gasteiger partial charge on any atom is 0.337 e. The van der Waals surface area contributed by atoms with E-state index in [9.17, 15) is 4.79 Å². The van der Waals surface area contributed by atoms with Gasteiger partial charge in [0.15, 0.2) is 6.04 Å². The van der Waals surface area contributed by atoms with Crippen LogP contribution >= 0.6 is 0 Å². The third-order valence-corrected chi connectivity index (χ3v) is 2.15. The van der Waals surface area contributed by atoms with Crippen LogP contribution in [0.3, 0.4) is 0 Å². The van der Waals surface area contributed by atoms with Crippen LogP contribution in [-0.2, 0) is 9.53 Å². The van der Waals surface area contributed by atoms with E-state index in [-0.39, 0.29) is 12.0 Å². The summed E-state index contributed by atoms with van der Waals surface area (Å²) in [5.74, 6) is 0.203. The molecule has 0 unspecified atom stereocenters. The molecule has 0 bridgehead atoms. The first-order chi connectivity index (χ1) is 6.81. The van der Waals surface area contributed by atoms with Crippen LogP contribution in [0.1, 0.15) is 18.9 Å². The topological polar surface area (TPSA) is 38.7 Å². The van der Waals surface area contributed by atoms with Gasteiger partial charge in [0.05, 0.1) is 0 Å². The smallest absolute Gasteiger partial charge is 0.337 e. The summed E-state index contributed by atoms with van der Waals surface area (Å²) in [6.07, 6.45) is 0.690. The van der Waals surface area contributed by atoms with E-state index in [1.165, 1.54) is 0 Å². The number of hydrogen-bond donors (Lipinski definition) is 0. The van der Waals surface area contributed by atoms with Gasteiger partial charge < -0.3 is 4.74 Å². The number of nitrogens with zero attached hydrogens (tertiary/aromatic N) is 1. The number of esters is 1. The fraction of sp³-hybridized carbons (Fsp3) is 0.273. The summed E-state index contributed by atoms with van der Waals surface area (Å²) in [7, 11) is 0. The lowest BCUT2D eigenvalue weighted by molar-refractivity contribution is -0.134. The molecule has 0 saturated heterocycles. The standard InChI is InChI=1S/C11H11NO2/c1-2-9-11(13)14-10(12-9)8-6-4-3-5-7-8/h3-7,9H,2H2,1H3/t9-/m0/s1. The second-order valence-corrected chi connectivity index (χ2v) is 3.15. The molecule has 1 aliphatic rings. The molecule has 0 spiro atoms. The number of carbonyl (C=O) groups excluding carboxylic acids is 1. The maximum absolute atomic E-state index is 11.3. The number of hydrogen-bond acceptors (Lipinski definition) is 3. The molecule has 0 radical (unpaired) electrons. The first-order valence-electron chi connectivity index (χ1n) is 4.66. The Bertz CT molecular complexity index is 370. The first-order valence-corrected chi connectivity index (χ1v) is 4.66. The quantitative estimate of drug-likeness (QED) is 0.665. The highest BCUT2D eigenvalue weighted by molar-refractivity contribution is 6.06. The lowest BCUT2D eigenvalue weighted by Gasteiger charge is -1.97. The van der Waals surface area contributed by atoms with Gasteiger partial charge in [-0.25, -0.2) is 9.79 Å². The minimum absolute atomic E-state index is 0.244. The zero-order valence-electron chi connectivity index (χ0n) is 7.93. The molecule has 3 nitrogen and oxygen atoms in total. The number of benzene rings is 1. The van der Waals surface area contributed by atoms with Crippen LogP contribution in [-0.4, -0.2) is 17.9 Å². The van der Waals surface area contributed by atoms with Crippen molar-refractivity contribution in [1.29, 1.82) is 0 Å². The van der Waals surface area contributed by atoms with Gasteiger partial charge in [0.25, 0.3) is 0 Å². The van der Waals surface area contributed by atoms with Crippen molar-refractivity contribution in [1.82, 2.24) is 0 Å². The van der Waals surface area contributed by atoms with Gasteiger partial charge >= 0.3 is 5.97 Å². The molecule has 1 heterocycles. The van der Waals surface area contributed by atoms with Gasteiger partial charge in [-0.3, -0.25) is 0 Å². The van der Waals surface area contributed by atoms with E-state index in [1.807, 2.05) is 37.3 Å². The molecule has 1 atom stereocenters. The molecule has 1 aromatic rings. The van der Waals surface area contributed by atoms with Crippen molar-refractivity contribution in [2.45, 2.75) is 19.4 Å². The number of ether oxygens (including phenoxy) is 1. The van der Waals surface area contributed by atoms with E-state index in [0.29, 0.717) is 12.3 Å². The van der Waals surface area contributed by atoms with Crippen molar-refractivity contribution < 1.29 is 9.53 Å². The monoisotopic (exact) mass is 189 g/mol. The second-order valence-electron chi connectivity index (χ2n) is 3.15. The minimum atomic E-state index is -0.315. The highest BCUT2D eigenvalue weighted by Crippen LogP contribution is 2.14. The lowest BCUT2D eigenvalue weighted by atomic mass is 10.2. The fourth-order valence-corrected chi connectivity index (χ4v) is 1.36. The molecule has 0 saturated carbocycles. The van der Waals surface area contributed by atoms with Gasteiger partial charge in [-0.05, 0) is 18.6 Å². The molecule has 1 aliphatic heterocycles. The number of carbonyl (C=O) groups is 1. The zero-order valence-corrected chi connectivity index (χ0v) is 7.93. The molecule has 14 heavy (non-hydrogen) atoms. The predicted octanol–water partition coefficient (Wildman–Crippen LogP) is 1.77. The fourth-order valence-electron chi connectivity index (χ4n) is 1.36. The van der Waals surface area contributed by atoms with Crippen molar-refractivity contribution in [2.75, 3.05) is 0 Å². The van der Waals surface area contributed by atoms with Gasteiger partial charge in [-0.2, -0.15) is 0 Å². The van der Waals surface area contributed by atoms with Crippen LogP contribution in [0.4, 0.5) is 0 Å². The highest BCUT2D eigenvalue weighted by Gasteiger charge is 2.27. The van der Waals surface area contributed by atoms with Crippen LogP contribution in [0.2, 0.25) is 0 Å². The molecular formula is C11H11NO2. The molecule has 1 aromatic carbocycles. The average molecular weight is 189 g/mol. The third-order valence-electron chi connectivity index (χ3n) is 2.15. The van der Waals surface area contributed by atoms with Crippen molar-refractivity contribution in [3.8, 4) is 0 Å². The summed E-state index contributed by atoms with van der Waals surface area (Å²) < 4.78 is 5.06. The Balaban J connectivity index is 2.26. The van der Waals surface area contributed by atoms with Crippen molar-refractivity contribution in [3.63, 3.8) is 0 Å². The zero-order chi connectivity index (χ0) is 9.97. The Morgan fingerprint density at radius 3 is 2.64 bits per heavy atom. The van der Waals surface area contributed by atoms with Crippen LogP contribution < -0.4 is 0 Å². The van der Waals surface area contributed by atoms with Gasteiger partial charge in [0.2, 0.25) is 5.90 Å². The molecule has 3 heteroatoms. The summed E-state index contributed by atoms with van der Waals surface area (Å²) in [5, 5.41) is 0. The Hall–Kier alpha value is -1.64. The van der Waals surface area contributed by atoms with Crippen LogP contribution in [0.25, 0.3) is 0 Å². The summed E-state index contributed by atoms with van der Waals surface area (Å²) in [6, 6.07) is 9.15. The summed E-state index contributed by atoms with van der Waals surface area (Å²) >= 11 is 0. The Morgan fingerprint density at radius 2 is 2.07 bits per heavy atom. The minimum Gasteiger partial charge on any atom is -0.406 e. The Labute approximate surface area is 82.4 Å². The van der Waals surface area contributed by atoms with Gasteiger partial charge in [0.1, 0.15) is 0 Å². The molecule has 0 fully saturated rings. The number of rotatable bonds is 2. The van der Waals surface area contributed by atoms with Crippen LogP contribution in [0.5, 0.6) is 0 Å². The molecule has 0 aromatic heterocycles. The molecule has 0 aliphatic carbocycles. The average Bonchev–Trinajstić information content (AvgIpc) is 2.61. The van der Waals surface area contributed by atoms with E-state index >= 15 is 0 Å². The van der Waals surface area contributed by atoms with E-state index in [0.717, 1.165) is 5.56 Å². The van der Waals surface area contributed by atoms with Crippen molar-refractivity contribution in [2.24, 2.45) is 4.99 Å². The van der Waals surface area contributed by atoms with E-state index < -0.39 is 0 Å². The first kappa shape index (κ1) is 8.94. The molecule has 2 rings (SSSR count). The molecule has 0 amide bonds. The highest BCUT2D eigenvalue weighted by atomic mass is 16.6. The van der Waals surface area contributed by atoms with Crippen molar-refractivity contribution >= 4 is 11.9 Å². The van der Waals surface area contributed by atoms with Gasteiger partial charge in [0, 0.05) is 5.56 Å². The summed E-state index contributed by atoms with van der Waals surface area (Å²) in [6.45, 7) is 1.92. The molecular weight excluding hydrogens is 178 g/mol. The summed E-state index contributed by atoms with van der Waals surface area (Å²) in [4.78, 5) is 15.5. The normalized spacial score (nSPS) is 20.5. The van der Waals surface area contributed by atoms with Gasteiger partial charge in [-0.1, -0.05) is 25.1 Å². The van der Waals surface area contributed by atoms with Gasteiger partial charge in [-0.15, -0.1) is 0 Å². The Morgan fingerprint density at radius 1 is 1.36 bits per heavy atom. The van der Waals surface area contributed by atoms with Crippen LogP contribution in [0, 0.1) is 0 Å². The number of aliphatic imine (C=N–C) groups is 1. The predicted molar refractivity (Wildman–Crippen MR) is 53.2 cm³/mol. The Kier molecular flexibility index (Phi) is 2.31. The number of cyclic esters (lactones) is 1. The maximum atomic E-state index is 11.3. The van der Waals surface area contributed by atoms with E-state index in [1.54, 1.807) is 0 Å². The van der Waals surface area contributed by atoms with Crippen LogP contribution in [0.15, 0.2) is 35.3 Å². The lowest BCUT2D eigenvalue weighted by Crippen LogP contribution is -2.13. The summed E-state index contributed by atoms with van der Waals surface area (Å²) in [5.41, 5.74) is 0.858. The second kappa shape index (κ2) is 3.62. The molecule has 72 valence electrons. The largest absolute Gasteiger partial charge is 0.406 e.